The molecule has 0 aliphatic carbocycles. The summed E-state index contributed by atoms with van der Waals surface area (Å²) in [5, 5.41) is 3.26. The largest absolute Gasteiger partial charge is 0.469 e. The molecule has 0 saturated heterocycles. The third-order valence-corrected chi connectivity index (χ3v) is 2.37. The van der Waals surface area contributed by atoms with E-state index in [9.17, 15) is 0 Å². The third-order valence-electron chi connectivity index (χ3n) is 2.37. The predicted molar refractivity (Wildman–Crippen MR) is 66.2 cm³/mol. The Hall–Kier alpha value is -2.10. The molecular weight excluding hydrogens is 202 g/mol. The van der Waals surface area contributed by atoms with Crippen molar-refractivity contribution in [2.45, 2.75) is 6.42 Å². The van der Waals surface area contributed by atoms with Crippen LogP contribution >= 0.6 is 0 Å². The molecule has 4 heteroatoms. The SMILES string of the molecule is Nc1ccc(NCCc2ccco2)cc1N. The van der Waals surface area contributed by atoms with E-state index in [1.807, 2.05) is 24.3 Å². The maximum Gasteiger partial charge on any atom is 0.105 e. The average Bonchev–Trinajstić information content (AvgIpc) is 2.76. The summed E-state index contributed by atoms with van der Waals surface area (Å²) in [6.45, 7) is 0.802. The topological polar surface area (TPSA) is 77.2 Å². The first kappa shape index (κ1) is 10.4. The van der Waals surface area contributed by atoms with E-state index in [0.717, 1.165) is 24.4 Å². The van der Waals surface area contributed by atoms with Crippen molar-refractivity contribution in [2.75, 3.05) is 23.3 Å². The minimum atomic E-state index is 0.600. The van der Waals surface area contributed by atoms with Crippen LogP contribution in [-0.2, 0) is 6.42 Å². The Bertz CT molecular complexity index is 451. The van der Waals surface area contributed by atoms with Gasteiger partial charge in [0.05, 0.1) is 17.6 Å². The van der Waals surface area contributed by atoms with Crippen molar-refractivity contribution in [1.82, 2.24) is 0 Å². The molecule has 1 aromatic heterocycles. The second kappa shape index (κ2) is 4.61. The van der Waals surface area contributed by atoms with Gasteiger partial charge in [0.25, 0.3) is 0 Å². The number of nitrogens with one attached hydrogen (secondary N) is 1. The van der Waals surface area contributed by atoms with E-state index in [0.29, 0.717) is 11.4 Å². The normalized spacial score (nSPS) is 10.2. The standard InChI is InChI=1S/C12H15N3O/c13-11-4-3-9(8-12(11)14)15-6-5-10-2-1-7-16-10/h1-4,7-8,15H,5-6,13-14H2. The summed E-state index contributed by atoms with van der Waals surface area (Å²) in [5.74, 6) is 0.968. The van der Waals surface area contributed by atoms with Gasteiger partial charge in [-0.25, -0.2) is 0 Å². The summed E-state index contributed by atoms with van der Waals surface area (Å²) >= 11 is 0. The van der Waals surface area contributed by atoms with Crippen LogP contribution in [0.3, 0.4) is 0 Å². The highest BCUT2D eigenvalue weighted by molar-refractivity contribution is 5.69. The minimum absolute atomic E-state index is 0.600. The van der Waals surface area contributed by atoms with Crippen molar-refractivity contribution in [1.29, 1.82) is 0 Å². The highest BCUT2D eigenvalue weighted by Crippen LogP contribution is 2.19. The van der Waals surface area contributed by atoms with E-state index in [4.69, 9.17) is 15.9 Å². The number of hydrogen-bond donors (Lipinski definition) is 3. The average molecular weight is 217 g/mol. The quantitative estimate of drug-likeness (QED) is 0.685. The Kier molecular flexibility index (Phi) is 3.00. The number of furan rings is 1. The summed E-state index contributed by atoms with van der Waals surface area (Å²) in [7, 11) is 0. The summed E-state index contributed by atoms with van der Waals surface area (Å²) in [4.78, 5) is 0. The van der Waals surface area contributed by atoms with Crippen molar-refractivity contribution < 1.29 is 4.42 Å². The molecule has 4 nitrogen and oxygen atoms in total. The minimum Gasteiger partial charge on any atom is -0.469 e. The van der Waals surface area contributed by atoms with Crippen molar-refractivity contribution in [3.05, 3.63) is 42.4 Å². The molecule has 1 aromatic carbocycles. The maximum atomic E-state index is 5.70. The Morgan fingerprint density at radius 2 is 2.00 bits per heavy atom. The molecule has 16 heavy (non-hydrogen) atoms. The zero-order chi connectivity index (χ0) is 11.4. The Balaban J connectivity index is 1.87. The van der Waals surface area contributed by atoms with Crippen LogP contribution in [0.4, 0.5) is 17.1 Å². The molecule has 5 N–H and O–H groups in total. The molecule has 2 rings (SSSR count). The first-order chi connectivity index (χ1) is 7.75. The van der Waals surface area contributed by atoms with Gasteiger partial charge in [-0.2, -0.15) is 0 Å². The van der Waals surface area contributed by atoms with Crippen molar-refractivity contribution in [3.8, 4) is 0 Å². The second-order valence-corrected chi connectivity index (χ2v) is 3.60. The fourth-order valence-electron chi connectivity index (χ4n) is 1.47. The van der Waals surface area contributed by atoms with Crippen LogP contribution < -0.4 is 16.8 Å². The van der Waals surface area contributed by atoms with Gasteiger partial charge in [-0.3, -0.25) is 0 Å². The molecule has 0 radical (unpaired) electrons. The van der Waals surface area contributed by atoms with Gasteiger partial charge >= 0.3 is 0 Å². The Morgan fingerprint density at radius 3 is 2.69 bits per heavy atom. The van der Waals surface area contributed by atoms with Gasteiger partial charge in [-0.1, -0.05) is 0 Å². The Labute approximate surface area is 94.2 Å². The van der Waals surface area contributed by atoms with Crippen LogP contribution in [0.1, 0.15) is 5.76 Å². The zero-order valence-electron chi connectivity index (χ0n) is 8.94. The number of anilines is 3. The van der Waals surface area contributed by atoms with E-state index in [2.05, 4.69) is 5.32 Å². The lowest BCUT2D eigenvalue weighted by Gasteiger charge is -2.07. The summed E-state index contributed by atoms with van der Waals surface area (Å²) in [5.41, 5.74) is 13.5. The molecule has 1 heterocycles. The lowest BCUT2D eigenvalue weighted by atomic mass is 10.2. The van der Waals surface area contributed by atoms with Crippen LogP contribution in [0.25, 0.3) is 0 Å². The van der Waals surface area contributed by atoms with Gasteiger partial charge in [0, 0.05) is 18.7 Å². The number of rotatable bonds is 4. The van der Waals surface area contributed by atoms with Gasteiger partial charge in [-0.05, 0) is 30.3 Å². The van der Waals surface area contributed by atoms with E-state index >= 15 is 0 Å². The summed E-state index contributed by atoms with van der Waals surface area (Å²) in [6.07, 6.45) is 2.52. The molecule has 0 aliphatic rings. The van der Waals surface area contributed by atoms with Crippen LogP contribution in [-0.4, -0.2) is 6.54 Å². The molecule has 2 aromatic rings. The number of nitrogen functional groups attached to an aromatic ring is 2. The molecule has 0 fully saturated rings. The Morgan fingerprint density at radius 1 is 1.12 bits per heavy atom. The molecule has 0 atom stereocenters. The zero-order valence-corrected chi connectivity index (χ0v) is 8.94. The smallest absolute Gasteiger partial charge is 0.105 e. The fraction of sp³-hybridized carbons (Fsp3) is 0.167. The van der Waals surface area contributed by atoms with Gasteiger partial charge < -0.3 is 21.2 Å². The van der Waals surface area contributed by atoms with Crippen LogP contribution in [0, 0.1) is 0 Å². The first-order valence-corrected chi connectivity index (χ1v) is 5.17. The van der Waals surface area contributed by atoms with E-state index < -0.39 is 0 Å². The summed E-state index contributed by atoms with van der Waals surface area (Å²) in [6, 6.07) is 9.38. The predicted octanol–water partition coefficient (Wildman–Crippen LogP) is 2.10. The molecule has 0 spiro atoms. The highest BCUT2D eigenvalue weighted by atomic mass is 16.3. The highest BCUT2D eigenvalue weighted by Gasteiger charge is 1.98. The van der Waals surface area contributed by atoms with Crippen molar-refractivity contribution in [2.24, 2.45) is 0 Å². The molecule has 0 aliphatic heterocycles. The molecule has 0 amide bonds. The van der Waals surface area contributed by atoms with E-state index in [1.165, 1.54) is 0 Å². The molecular formula is C12H15N3O. The lowest BCUT2D eigenvalue weighted by Crippen LogP contribution is -2.05. The number of benzene rings is 1. The first-order valence-electron chi connectivity index (χ1n) is 5.17. The summed E-state index contributed by atoms with van der Waals surface area (Å²) < 4.78 is 5.23. The molecule has 0 saturated carbocycles. The van der Waals surface area contributed by atoms with Crippen molar-refractivity contribution >= 4 is 17.1 Å². The number of hydrogen-bond acceptors (Lipinski definition) is 4. The van der Waals surface area contributed by atoms with Crippen molar-refractivity contribution in [3.63, 3.8) is 0 Å². The van der Waals surface area contributed by atoms with Gasteiger partial charge in [0.2, 0.25) is 0 Å². The molecule has 0 unspecified atom stereocenters. The fourth-order valence-corrected chi connectivity index (χ4v) is 1.47. The number of nitrogens with two attached hydrogens (primary N) is 2. The maximum absolute atomic E-state index is 5.70. The van der Waals surface area contributed by atoms with E-state index in [-0.39, 0.29) is 0 Å². The van der Waals surface area contributed by atoms with Crippen LogP contribution in [0.2, 0.25) is 0 Å². The van der Waals surface area contributed by atoms with Gasteiger partial charge in [0.15, 0.2) is 0 Å². The van der Waals surface area contributed by atoms with Crippen LogP contribution in [0.5, 0.6) is 0 Å². The van der Waals surface area contributed by atoms with Gasteiger partial charge in [-0.15, -0.1) is 0 Å². The monoisotopic (exact) mass is 217 g/mol. The van der Waals surface area contributed by atoms with E-state index in [1.54, 1.807) is 12.3 Å². The molecule has 0 bridgehead atoms. The molecule has 84 valence electrons. The van der Waals surface area contributed by atoms with Gasteiger partial charge in [0.1, 0.15) is 5.76 Å². The third kappa shape index (κ3) is 2.48. The lowest BCUT2D eigenvalue weighted by molar-refractivity contribution is 0.513. The van der Waals surface area contributed by atoms with Crippen LogP contribution in [0.15, 0.2) is 41.0 Å². The second-order valence-electron chi connectivity index (χ2n) is 3.60.